The summed E-state index contributed by atoms with van der Waals surface area (Å²) in [6.07, 6.45) is 0. The molecule has 0 rings (SSSR count). The first-order valence-electron chi connectivity index (χ1n) is 10.7. The zero-order chi connectivity index (χ0) is 22.5. The number of ether oxygens (including phenoxy) is 9. The minimum atomic E-state index is 0.504. The Balaban J connectivity index is 2.98. The fourth-order valence-electron chi connectivity index (χ4n) is 1.97. The van der Waals surface area contributed by atoms with Gasteiger partial charge in [-0.25, -0.2) is 0 Å². The summed E-state index contributed by atoms with van der Waals surface area (Å²) in [5, 5.41) is 0.842. The molecule has 0 radical (unpaired) electrons. The smallest absolute Gasteiger partial charge is 0.0701 e. The number of hydrogen-bond acceptors (Lipinski definition) is 9. The van der Waals surface area contributed by atoms with E-state index in [1.165, 1.54) is 0 Å². The molecule has 0 aliphatic rings. The summed E-state index contributed by atoms with van der Waals surface area (Å²) >= 11 is 8.78. The lowest BCUT2D eigenvalue weighted by molar-refractivity contribution is -0.0245. The van der Waals surface area contributed by atoms with Crippen LogP contribution in [0.1, 0.15) is 0 Å². The van der Waals surface area contributed by atoms with Crippen molar-refractivity contribution in [2.45, 2.75) is 0 Å². The second-order valence-corrected chi connectivity index (χ2v) is 7.06. The summed E-state index contributed by atoms with van der Waals surface area (Å²) in [5.41, 5.74) is 0. The van der Waals surface area contributed by atoms with Crippen LogP contribution in [0.2, 0.25) is 0 Å². The van der Waals surface area contributed by atoms with Gasteiger partial charge < -0.3 is 42.6 Å². The van der Waals surface area contributed by atoms with E-state index in [2.05, 4.69) is 15.9 Å². The van der Waals surface area contributed by atoms with Gasteiger partial charge in [-0.05, 0) is 0 Å². The molecule has 0 heterocycles. The molecule has 0 saturated heterocycles. The van der Waals surface area contributed by atoms with Crippen molar-refractivity contribution in [3.8, 4) is 0 Å². The summed E-state index contributed by atoms with van der Waals surface area (Å²) < 4.78 is 48.2. The van der Waals surface area contributed by atoms with Gasteiger partial charge in [0.25, 0.3) is 0 Å². The Morgan fingerprint density at radius 3 is 0.710 bits per heavy atom. The van der Waals surface area contributed by atoms with E-state index in [1.807, 2.05) is 0 Å². The average Bonchev–Trinajstić information content (AvgIpc) is 2.78. The van der Waals surface area contributed by atoms with Crippen molar-refractivity contribution in [1.82, 2.24) is 0 Å². The van der Waals surface area contributed by atoms with E-state index in [0.717, 1.165) is 5.33 Å². The molecule has 0 aliphatic heterocycles. The molecule has 0 aromatic carbocycles. The summed E-state index contributed by atoms with van der Waals surface area (Å²) in [7, 11) is 0. The molecule has 0 N–H and O–H groups in total. The Bertz CT molecular complexity index is 292. The first kappa shape index (κ1) is 31.4. The molecule has 0 atom stereocenters. The van der Waals surface area contributed by atoms with Crippen LogP contribution in [-0.2, 0) is 42.6 Å². The highest BCUT2D eigenvalue weighted by atomic mass is 79.9. The van der Waals surface area contributed by atoms with Gasteiger partial charge in [0.15, 0.2) is 0 Å². The molecule has 188 valence electrons. The maximum Gasteiger partial charge on any atom is 0.0701 e. The highest BCUT2D eigenvalue weighted by Crippen LogP contribution is 1.87. The lowest BCUT2D eigenvalue weighted by atomic mass is 10.6. The zero-order valence-electron chi connectivity index (χ0n) is 18.6. The van der Waals surface area contributed by atoms with Crippen LogP contribution in [0.15, 0.2) is 0 Å². The predicted octanol–water partition coefficient (Wildman–Crippen LogP) is 1.77. The van der Waals surface area contributed by atoms with Crippen molar-refractivity contribution in [2.24, 2.45) is 0 Å². The van der Waals surface area contributed by atoms with Crippen molar-refractivity contribution in [2.75, 3.05) is 130 Å². The predicted molar refractivity (Wildman–Crippen MR) is 122 cm³/mol. The van der Waals surface area contributed by atoms with Gasteiger partial charge in [-0.1, -0.05) is 15.9 Å². The van der Waals surface area contributed by atoms with Crippen LogP contribution in [0.3, 0.4) is 0 Å². The summed E-state index contributed by atoms with van der Waals surface area (Å²) in [5.74, 6) is 0.504. The lowest BCUT2D eigenvalue weighted by Gasteiger charge is -2.08. The molecule has 0 bridgehead atoms. The number of hydrogen-bond donors (Lipinski definition) is 0. The molecule has 0 spiro atoms. The first-order chi connectivity index (χ1) is 15.4. The van der Waals surface area contributed by atoms with Crippen LogP contribution in [0.25, 0.3) is 0 Å². The highest BCUT2D eigenvalue weighted by molar-refractivity contribution is 9.09. The number of rotatable bonds is 28. The molecule has 0 fully saturated rings. The third-order valence-electron chi connectivity index (χ3n) is 3.42. The van der Waals surface area contributed by atoms with Gasteiger partial charge >= 0.3 is 0 Å². The van der Waals surface area contributed by atoms with Crippen LogP contribution in [0.5, 0.6) is 0 Å². The molecule has 0 unspecified atom stereocenters. The van der Waals surface area contributed by atoms with Gasteiger partial charge in [-0.2, -0.15) is 0 Å². The van der Waals surface area contributed by atoms with Crippen molar-refractivity contribution >= 4 is 27.5 Å². The lowest BCUT2D eigenvalue weighted by Crippen LogP contribution is -2.15. The Morgan fingerprint density at radius 2 is 0.516 bits per heavy atom. The minimum Gasteiger partial charge on any atom is -0.378 e. The molecule has 9 nitrogen and oxygen atoms in total. The van der Waals surface area contributed by atoms with Gasteiger partial charge in [-0.15, -0.1) is 11.6 Å². The topological polar surface area (TPSA) is 83.1 Å². The largest absolute Gasteiger partial charge is 0.378 e. The Morgan fingerprint density at radius 1 is 0.323 bits per heavy atom. The minimum absolute atomic E-state index is 0.504. The van der Waals surface area contributed by atoms with Crippen LogP contribution in [-0.4, -0.2) is 130 Å². The monoisotopic (exact) mass is 538 g/mol. The molecule has 0 aliphatic carbocycles. The molecule has 0 aromatic rings. The third-order valence-corrected chi connectivity index (χ3v) is 3.90. The van der Waals surface area contributed by atoms with E-state index < -0.39 is 0 Å². The third kappa shape index (κ3) is 30.4. The van der Waals surface area contributed by atoms with E-state index in [4.69, 9.17) is 54.2 Å². The molecule has 0 aromatic heterocycles. The average molecular weight is 540 g/mol. The quantitative estimate of drug-likeness (QED) is 0.109. The maximum atomic E-state index is 5.49. The van der Waals surface area contributed by atoms with Crippen LogP contribution >= 0.6 is 27.5 Å². The second kappa shape index (κ2) is 30.4. The summed E-state index contributed by atoms with van der Waals surface area (Å²) in [4.78, 5) is 0. The van der Waals surface area contributed by atoms with E-state index in [0.29, 0.717) is 125 Å². The molecule has 0 saturated carbocycles. The summed E-state index contributed by atoms with van der Waals surface area (Å²) in [6.45, 7) is 10.0. The van der Waals surface area contributed by atoms with Crippen molar-refractivity contribution in [3.63, 3.8) is 0 Å². The Labute approximate surface area is 200 Å². The van der Waals surface area contributed by atoms with Crippen molar-refractivity contribution in [1.29, 1.82) is 0 Å². The molecular weight excluding hydrogens is 500 g/mol. The van der Waals surface area contributed by atoms with Gasteiger partial charge in [0.05, 0.1) is 119 Å². The number of halogens is 2. The molecule has 11 heteroatoms. The van der Waals surface area contributed by atoms with E-state index in [1.54, 1.807) is 0 Å². The normalized spacial score (nSPS) is 11.4. The van der Waals surface area contributed by atoms with E-state index in [-0.39, 0.29) is 0 Å². The first-order valence-corrected chi connectivity index (χ1v) is 12.4. The van der Waals surface area contributed by atoms with Gasteiger partial charge in [0, 0.05) is 11.2 Å². The van der Waals surface area contributed by atoms with Crippen LogP contribution < -0.4 is 0 Å². The fraction of sp³-hybridized carbons (Fsp3) is 1.00. The van der Waals surface area contributed by atoms with Crippen molar-refractivity contribution < 1.29 is 42.6 Å². The summed E-state index contributed by atoms with van der Waals surface area (Å²) in [6, 6.07) is 0. The van der Waals surface area contributed by atoms with Crippen molar-refractivity contribution in [3.05, 3.63) is 0 Å². The molecular formula is C20H40BrClO9. The zero-order valence-corrected chi connectivity index (χ0v) is 20.9. The Hall–Kier alpha value is 0.410. The van der Waals surface area contributed by atoms with E-state index in [9.17, 15) is 0 Å². The maximum absolute atomic E-state index is 5.49. The van der Waals surface area contributed by atoms with Gasteiger partial charge in [0.1, 0.15) is 0 Å². The number of alkyl halides is 2. The molecule has 0 amide bonds. The molecule has 31 heavy (non-hydrogen) atoms. The highest BCUT2D eigenvalue weighted by Gasteiger charge is 1.95. The van der Waals surface area contributed by atoms with Gasteiger partial charge in [-0.3, -0.25) is 0 Å². The van der Waals surface area contributed by atoms with Gasteiger partial charge in [0.2, 0.25) is 0 Å². The van der Waals surface area contributed by atoms with Crippen LogP contribution in [0, 0.1) is 0 Å². The SMILES string of the molecule is ClCCOCCOCCOCCOCCOCCOCCOCCOCCOCCBr. The standard InChI is InChI=1S/C20H40BrClO9/c21-1-3-23-5-7-25-9-11-27-13-15-29-17-19-31-20-18-30-16-14-28-12-10-26-8-6-24-4-2-22/h1-20H2. The fourth-order valence-corrected chi connectivity index (χ4v) is 2.31. The van der Waals surface area contributed by atoms with E-state index >= 15 is 0 Å². The van der Waals surface area contributed by atoms with Crippen LogP contribution in [0.4, 0.5) is 0 Å². The Kier molecular flexibility index (Phi) is 30.8. The second-order valence-electron chi connectivity index (χ2n) is 5.89.